The van der Waals surface area contributed by atoms with Crippen LogP contribution in [0.2, 0.25) is 0 Å². The van der Waals surface area contributed by atoms with Crippen molar-refractivity contribution in [2.24, 2.45) is 0 Å². The highest BCUT2D eigenvalue weighted by Gasteiger charge is 2.18. The van der Waals surface area contributed by atoms with E-state index in [4.69, 9.17) is 0 Å². The quantitative estimate of drug-likeness (QED) is 0.755. The third-order valence-electron chi connectivity index (χ3n) is 4.80. The van der Waals surface area contributed by atoms with Crippen molar-refractivity contribution in [2.75, 3.05) is 39.8 Å². The Labute approximate surface area is 123 Å². The average Bonchev–Trinajstić information content (AvgIpc) is 2.49. The zero-order chi connectivity index (χ0) is 14.2. The fraction of sp³-hybridized carbons (Fsp3) is 0.938. The van der Waals surface area contributed by atoms with E-state index in [0.29, 0.717) is 12.3 Å². The van der Waals surface area contributed by atoms with Crippen molar-refractivity contribution in [3.63, 3.8) is 0 Å². The van der Waals surface area contributed by atoms with Gasteiger partial charge in [-0.1, -0.05) is 6.42 Å². The second-order valence-corrected chi connectivity index (χ2v) is 6.36. The monoisotopic (exact) mass is 281 g/mol. The van der Waals surface area contributed by atoms with Gasteiger partial charge in [-0.3, -0.25) is 4.79 Å². The van der Waals surface area contributed by atoms with Crippen molar-refractivity contribution in [3.05, 3.63) is 0 Å². The van der Waals surface area contributed by atoms with Gasteiger partial charge >= 0.3 is 0 Å². The molecule has 2 saturated heterocycles. The normalized spacial score (nSPS) is 24.9. The van der Waals surface area contributed by atoms with Crippen LogP contribution in [-0.4, -0.2) is 61.5 Å². The standard InChI is InChI=1S/C16H31N3O/c1-18-12-6-3-7-15(18)8-10-17-11-9-16(20)19-13-4-2-5-14-19/h15,17H,2-14H2,1H3. The van der Waals surface area contributed by atoms with Crippen molar-refractivity contribution in [1.82, 2.24) is 15.1 Å². The van der Waals surface area contributed by atoms with Gasteiger partial charge < -0.3 is 15.1 Å². The Kier molecular flexibility index (Phi) is 6.80. The molecule has 4 heteroatoms. The first kappa shape index (κ1) is 15.8. The number of piperidine rings is 2. The fourth-order valence-corrected chi connectivity index (χ4v) is 3.40. The maximum Gasteiger partial charge on any atom is 0.223 e. The number of amides is 1. The lowest BCUT2D eigenvalue weighted by molar-refractivity contribution is -0.131. The summed E-state index contributed by atoms with van der Waals surface area (Å²) in [4.78, 5) is 16.5. The molecule has 0 spiro atoms. The van der Waals surface area contributed by atoms with Gasteiger partial charge in [0.05, 0.1) is 0 Å². The Morgan fingerprint density at radius 1 is 1.05 bits per heavy atom. The van der Waals surface area contributed by atoms with Crippen LogP contribution in [0.3, 0.4) is 0 Å². The summed E-state index contributed by atoms with van der Waals surface area (Å²) in [6, 6.07) is 0.744. The number of rotatable bonds is 6. The van der Waals surface area contributed by atoms with Gasteiger partial charge in [-0.25, -0.2) is 0 Å². The Morgan fingerprint density at radius 3 is 2.55 bits per heavy atom. The molecule has 1 unspecified atom stereocenters. The van der Waals surface area contributed by atoms with Gasteiger partial charge in [-0.2, -0.15) is 0 Å². The zero-order valence-electron chi connectivity index (χ0n) is 13.1. The number of nitrogens with zero attached hydrogens (tertiary/aromatic N) is 2. The second-order valence-electron chi connectivity index (χ2n) is 6.36. The molecule has 0 aliphatic carbocycles. The van der Waals surface area contributed by atoms with E-state index in [-0.39, 0.29) is 0 Å². The number of carbonyl (C=O) groups is 1. The van der Waals surface area contributed by atoms with Crippen molar-refractivity contribution in [1.29, 1.82) is 0 Å². The predicted molar refractivity (Wildman–Crippen MR) is 82.8 cm³/mol. The molecule has 0 aromatic heterocycles. The van der Waals surface area contributed by atoms with Crippen LogP contribution in [0.4, 0.5) is 0 Å². The highest BCUT2D eigenvalue weighted by molar-refractivity contribution is 5.76. The Balaban J connectivity index is 1.51. The summed E-state index contributed by atoms with van der Waals surface area (Å²) in [6.45, 7) is 5.09. The molecule has 1 amide bonds. The van der Waals surface area contributed by atoms with E-state index in [0.717, 1.165) is 32.2 Å². The lowest BCUT2D eigenvalue weighted by atomic mass is 10.0. The lowest BCUT2D eigenvalue weighted by Gasteiger charge is -2.32. The average molecular weight is 281 g/mol. The van der Waals surface area contributed by atoms with E-state index in [2.05, 4.69) is 17.3 Å². The summed E-state index contributed by atoms with van der Waals surface area (Å²) in [5, 5.41) is 3.45. The molecule has 0 aromatic carbocycles. The van der Waals surface area contributed by atoms with Crippen molar-refractivity contribution in [3.8, 4) is 0 Å². The molecule has 2 aliphatic rings. The Bertz CT molecular complexity index is 289. The maximum absolute atomic E-state index is 12.0. The maximum atomic E-state index is 12.0. The third kappa shape index (κ3) is 5.06. The summed E-state index contributed by atoms with van der Waals surface area (Å²) in [5.74, 6) is 0.340. The van der Waals surface area contributed by atoms with Crippen LogP contribution in [0.25, 0.3) is 0 Å². The minimum atomic E-state index is 0.340. The first-order valence-corrected chi connectivity index (χ1v) is 8.46. The van der Waals surface area contributed by atoms with Crippen LogP contribution >= 0.6 is 0 Å². The third-order valence-corrected chi connectivity index (χ3v) is 4.80. The van der Waals surface area contributed by atoms with Gasteiger partial charge in [0.2, 0.25) is 5.91 Å². The van der Waals surface area contributed by atoms with Gasteiger partial charge in [0.25, 0.3) is 0 Å². The number of likely N-dealkylation sites (tertiary alicyclic amines) is 2. The smallest absolute Gasteiger partial charge is 0.223 e. The SMILES string of the molecule is CN1CCCCC1CCNCCC(=O)N1CCCCC1. The van der Waals surface area contributed by atoms with E-state index in [1.165, 1.54) is 51.5 Å². The van der Waals surface area contributed by atoms with Crippen molar-refractivity contribution in [2.45, 2.75) is 57.4 Å². The first-order chi connectivity index (χ1) is 9.77. The highest BCUT2D eigenvalue weighted by Crippen LogP contribution is 2.17. The second kappa shape index (κ2) is 8.63. The number of nitrogens with one attached hydrogen (secondary N) is 1. The van der Waals surface area contributed by atoms with Gasteiger partial charge in [0.1, 0.15) is 0 Å². The Hall–Kier alpha value is -0.610. The molecule has 0 saturated carbocycles. The molecule has 2 heterocycles. The van der Waals surface area contributed by atoms with Crippen LogP contribution in [0.1, 0.15) is 51.4 Å². The van der Waals surface area contributed by atoms with E-state index in [1.54, 1.807) is 0 Å². The van der Waals surface area contributed by atoms with Gasteiger partial charge in [-0.15, -0.1) is 0 Å². The van der Waals surface area contributed by atoms with Gasteiger partial charge in [0, 0.05) is 32.1 Å². The molecule has 0 radical (unpaired) electrons. The molecule has 4 nitrogen and oxygen atoms in total. The van der Waals surface area contributed by atoms with E-state index in [1.807, 2.05) is 4.90 Å². The minimum Gasteiger partial charge on any atom is -0.343 e. The summed E-state index contributed by atoms with van der Waals surface area (Å²) in [6.07, 6.45) is 9.62. The molecule has 20 heavy (non-hydrogen) atoms. The molecule has 0 bridgehead atoms. The van der Waals surface area contributed by atoms with Gasteiger partial charge in [-0.05, 0) is 58.7 Å². The summed E-state index contributed by atoms with van der Waals surface area (Å²) in [7, 11) is 2.24. The van der Waals surface area contributed by atoms with E-state index in [9.17, 15) is 4.79 Å². The summed E-state index contributed by atoms with van der Waals surface area (Å²) in [5.41, 5.74) is 0. The first-order valence-electron chi connectivity index (χ1n) is 8.46. The fourth-order valence-electron chi connectivity index (χ4n) is 3.40. The van der Waals surface area contributed by atoms with Crippen molar-refractivity contribution < 1.29 is 4.79 Å². The molecular formula is C16H31N3O. The van der Waals surface area contributed by atoms with Gasteiger partial charge in [0.15, 0.2) is 0 Å². The molecular weight excluding hydrogens is 250 g/mol. The number of carbonyl (C=O) groups excluding carboxylic acids is 1. The number of hydrogen-bond donors (Lipinski definition) is 1. The van der Waals surface area contributed by atoms with E-state index < -0.39 is 0 Å². The van der Waals surface area contributed by atoms with Crippen LogP contribution in [0, 0.1) is 0 Å². The molecule has 1 atom stereocenters. The number of hydrogen-bond acceptors (Lipinski definition) is 3. The molecule has 0 aromatic rings. The summed E-state index contributed by atoms with van der Waals surface area (Å²) >= 11 is 0. The van der Waals surface area contributed by atoms with Crippen LogP contribution < -0.4 is 5.32 Å². The highest BCUT2D eigenvalue weighted by atomic mass is 16.2. The Morgan fingerprint density at radius 2 is 1.80 bits per heavy atom. The summed E-state index contributed by atoms with van der Waals surface area (Å²) < 4.78 is 0. The largest absolute Gasteiger partial charge is 0.343 e. The molecule has 2 aliphatic heterocycles. The lowest BCUT2D eigenvalue weighted by Crippen LogP contribution is -2.39. The predicted octanol–water partition coefficient (Wildman–Crippen LogP) is 1.85. The zero-order valence-corrected chi connectivity index (χ0v) is 13.1. The van der Waals surface area contributed by atoms with E-state index >= 15 is 0 Å². The van der Waals surface area contributed by atoms with Crippen LogP contribution in [-0.2, 0) is 4.79 Å². The van der Waals surface area contributed by atoms with Crippen LogP contribution in [0.15, 0.2) is 0 Å². The molecule has 1 N–H and O–H groups in total. The molecule has 2 fully saturated rings. The molecule has 2 rings (SSSR count). The minimum absolute atomic E-state index is 0.340. The topological polar surface area (TPSA) is 35.6 Å². The van der Waals surface area contributed by atoms with Crippen molar-refractivity contribution >= 4 is 5.91 Å². The van der Waals surface area contributed by atoms with Crippen LogP contribution in [0.5, 0.6) is 0 Å². The molecule has 116 valence electrons.